The molecule has 1 atom stereocenters. The topological polar surface area (TPSA) is 50.1 Å². The molecule has 0 fully saturated rings. The Bertz CT molecular complexity index is 384. The molecule has 14 heavy (non-hydrogen) atoms. The predicted molar refractivity (Wildman–Crippen MR) is 41.2 cm³/mol. The zero-order valence-corrected chi connectivity index (χ0v) is 6.78. The molecule has 2 rings (SSSR count). The van der Waals surface area contributed by atoms with Crippen LogP contribution in [0.2, 0.25) is 0 Å². The minimum atomic E-state index is -4.80. The molecule has 0 spiro atoms. The molecule has 1 aliphatic heterocycles. The number of nitrogens with zero attached hydrogens (tertiary/aromatic N) is 2. The Morgan fingerprint density at radius 2 is 2.21 bits per heavy atom. The molecule has 0 radical (unpaired) electrons. The highest BCUT2D eigenvalue weighted by Gasteiger charge is 2.56. The van der Waals surface area contributed by atoms with Crippen LogP contribution in [0, 0.1) is 0 Å². The maximum Gasteiger partial charge on any atom is 0.442 e. The van der Waals surface area contributed by atoms with Gasteiger partial charge in [-0.2, -0.15) is 18.3 Å². The summed E-state index contributed by atoms with van der Waals surface area (Å²) >= 11 is 0. The SMILES string of the molecule is OC1(C(F)(F)F)C=CNc2ccnn21. The average molecular weight is 205 g/mol. The normalized spacial score (nSPS) is 25.7. The van der Waals surface area contributed by atoms with Gasteiger partial charge in [-0.25, -0.2) is 4.68 Å². The molecule has 1 aromatic heterocycles. The van der Waals surface area contributed by atoms with Crippen LogP contribution in [-0.2, 0) is 5.72 Å². The largest absolute Gasteiger partial charge is 0.442 e. The van der Waals surface area contributed by atoms with Gasteiger partial charge < -0.3 is 10.4 Å². The van der Waals surface area contributed by atoms with E-state index in [9.17, 15) is 18.3 Å². The molecule has 7 heteroatoms. The van der Waals surface area contributed by atoms with Crippen molar-refractivity contribution in [2.24, 2.45) is 0 Å². The van der Waals surface area contributed by atoms with Gasteiger partial charge in [0.1, 0.15) is 5.82 Å². The summed E-state index contributed by atoms with van der Waals surface area (Å²) in [6.07, 6.45) is -1.99. The molecule has 1 unspecified atom stereocenters. The summed E-state index contributed by atoms with van der Waals surface area (Å²) in [5, 5.41) is 15.3. The van der Waals surface area contributed by atoms with E-state index in [1.165, 1.54) is 12.3 Å². The van der Waals surface area contributed by atoms with Gasteiger partial charge in [0.05, 0.1) is 6.20 Å². The van der Waals surface area contributed by atoms with Crippen molar-refractivity contribution in [3.8, 4) is 0 Å². The van der Waals surface area contributed by atoms with Crippen LogP contribution in [0.4, 0.5) is 19.0 Å². The summed E-state index contributed by atoms with van der Waals surface area (Å²) in [6.45, 7) is 0. The van der Waals surface area contributed by atoms with Crippen LogP contribution in [0.15, 0.2) is 24.5 Å². The fraction of sp³-hybridized carbons (Fsp3) is 0.286. The second kappa shape index (κ2) is 2.50. The monoisotopic (exact) mass is 205 g/mol. The molecule has 2 heterocycles. The van der Waals surface area contributed by atoms with Crippen LogP contribution in [0.5, 0.6) is 0 Å². The van der Waals surface area contributed by atoms with Crippen molar-refractivity contribution < 1.29 is 18.3 Å². The number of hydrogen-bond acceptors (Lipinski definition) is 3. The smallest absolute Gasteiger partial charge is 0.359 e. The Hall–Kier alpha value is -1.50. The van der Waals surface area contributed by atoms with E-state index in [0.717, 1.165) is 6.20 Å². The van der Waals surface area contributed by atoms with Crippen molar-refractivity contribution in [1.82, 2.24) is 9.78 Å². The van der Waals surface area contributed by atoms with E-state index < -0.39 is 11.9 Å². The van der Waals surface area contributed by atoms with E-state index in [-0.39, 0.29) is 5.82 Å². The van der Waals surface area contributed by atoms with E-state index in [0.29, 0.717) is 10.8 Å². The van der Waals surface area contributed by atoms with Crippen LogP contribution < -0.4 is 5.32 Å². The summed E-state index contributed by atoms with van der Waals surface area (Å²) in [5.74, 6) is 0.0901. The van der Waals surface area contributed by atoms with Gasteiger partial charge >= 0.3 is 6.18 Å². The first-order chi connectivity index (χ1) is 6.45. The summed E-state index contributed by atoms with van der Waals surface area (Å²) in [4.78, 5) is 0. The molecule has 1 aromatic rings. The summed E-state index contributed by atoms with van der Waals surface area (Å²) < 4.78 is 38.0. The van der Waals surface area contributed by atoms with E-state index in [2.05, 4.69) is 10.4 Å². The van der Waals surface area contributed by atoms with Gasteiger partial charge in [0, 0.05) is 12.3 Å². The number of rotatable bonds is 0. The van der Waals surface area contributed by atoms with Gasteiger partial charge in [0.15, 0.2) is 0 Å². The number of hydrogen-bond donors (Lipinski definition) is 2. The number of nitrogens with one attached hydrogen (secondary N) is 1. The maximum atomic E-state index is 12.5. The summed E-state index contributed by atoms with van der Waals surface area (Å²) in [7, 11) is 0. The van der Waals surface area contributed by atoms with Gasteiger partial charge in [-0.3, -0.25) is 0 Å². The highest BCUT2D eigenvalue weighted by molar-refractivity contribution is 5.42. The Labute approximate surface area is 76.6 Å². The number of aromatic nitrogens is 2. The van der Waals surface area contributed by atoms with Crippen LogP contribution >= 0.6 is 0 Å². The van der Waals surface area contributed by atoms with E-state index >= 15 is 0 Å². The molecule has 0 saturated heterocycles. The molecule has 76 valence electrons. The van der Waals surface area contributed by atoms with E-state index in [4.69, 9.17) is 0 Å². The lowest BCUT2D eigenvalue weighted by Gasteiger charge is -2.31. The second-order valence-electron chi connectivity index (χ2n) is 2.83. The molecule has 4 nitrogen and oxygen atoms in total. The van der Waals surface area contributed by atoms with Gasteiger partial charge in [-0.05, 0) is 6.08 Å². The van der Waals surface area contributed by atoms with Crippen molar-refractivity contribution in [3.05, 3.63) is 24.5 Å². The zero-order chi connectivity index (χ0) is 10.4. The highest BCUT2D eigenvalue weighted by Crippen LogP contribution is 2.38. The second-order valence-corrected chi connectivity index (χ2v) is 2.83. The van der Waals surface area contributed by atoms with Crippen molar-refractivity contribution >= 4 is 5.82 Å². The van der Waals surface area contributed by atoms with E-state index in [1.54, 1.807) is 0 Å². The van der Waals surface area contributed by atoms with Gasteiger partial charge in [-0.15, -0.1) is 0 Å². The van der Waals surface area contributed by atoms with Crippen LogP contribution in [-0.4, -0.2) is 21.1 Å². The van der Waals surface area contributed by atoms with Gasteiger partial charge in [-0.1, -0.05) is 0 Å². The fourth-order valence-electron chi connectivity index (χ4n) is 1.21. The Kier molecular flexibility index (Phi) is 1.62. The van der Waals surface area contributed by atoms with Crippen molar-refractivity contribution in [3.63, 3.8) is 0 Å². The Balaban J connectivity index is 2.56. The first kappa shape index (κ1) is 9.07. The lowest BCUT2D eigenvalue weighted by Crippen LogP contribution is -2.48. The molecule has 2 N–H and O–H groups in total. The summed E-state index contributed by atoms with van der Waals surface area (Å²) in [5.41, 5.74) is -3.06. The number of halogens is 3. The molecular weight excluding hydrogens is 199 g/mol. The first-order valence-electron chi connectivity index (χ1n) is 3.73. The van der Waals surface area contributed by atoms with Gasteiger partial charge in [0.25, 0.3) is 5.72 Å². The Morgan fingerprint density at radius 3 is 2.86 bits per heavy atom. The lowest BCUT2D eigenvalue weighted by atomic mass is 10.2. The van der Waals surface area contributed by atoms with Crippen molar-refractivity contribution in [1.29, 1.82) is 0 Å². The predicted octanol–water partition coefficient (Wildman–Crippen LogP) is 1.03. The highest BCUT2D eigenvalue weighted by atomic mass is 19.4. The lowest BCUT2D eigenvalue weighted by molar-refractivity contribution is -0.279. The average Bonchev–Trinajstić information content (AvgIpc) is 2.51. The molecule has 0 saturated carbocycles. The first-order valence-corrected chi connectivity index (χ1v) is 3.73. The summed E-state index contributed by atoms with van der Waals surface area (Å²) in [6, 6.07) is 1.33. The van der Waals surface area contributed by atoms with Gasteiger partial charge in [0.2, 0.25) is 0 Å². The Morgan fingerprint density at radius 1 is 1.50 bits per heavy atom. The maximum absolute atomic E-state index is 12.5. The third-order valence-electron chi connectivity index (χ3n) is 1.93. The van der Waals surface area contributed by atoms with Crippen molar-refractivity contribution in [2.75, 3.05) is 5.32 Å². The van der Waals surface area contributed by atoms with Crippen LogP contribution in [0.1, 0.15) is 0 Å². The minimum absolute atomic E-state index is 0.0901. The minimum Gasteiger partial charge on any atom is -0.359 e. The molecular formula is C7H6F3N3O. The number of fused-ring (bicyclic) bond motifs is 1. The number of alkyl halides is 3. The van der Waals surface area contributed by atoms with Crippen molar-refractivity contribution in [2.45, 2.75) is 11.9 Å². The van der Waals surface area contributed by atoms with Crippen LogP contribution in [0.25, 0.3) is 0 Å². The number of anilines is 1. The molecule has 0 bridgehead atoms. The zero-order valence-electron chi connectivity index (χ0n) is 6.78. The third kappa shape index (κ3) is 1.02. The third-order valence-corrected chi connectivity index (χ3v) is 1.93. The molecule has 1 aliphatic rings. The number of aliphatic hydroxyl groups is 1. The molecule has 0 aliphatic carbocycles. The standard InChI is InChI=1S/C7H6F3N3O/c8-7(9,10)6(14)2-4-11-5-1-3-12-13(5)6/h1-4,11,14H. The quantitative estimate of drug-likeness (QED) is 0.665. The van der Waals surface area contributed by atoms with Crippen LogP contribution in [0.3, 0.4) is 0 Å². The fourth-order valence-corrected chi connectivity index (χ4v) is 1.21. The van der Waals surface area contributed by atoms with E-state index in [1.807, 2.05) is 0 Å². The molecule has 0 aromatic carbocycles. The molecule has 0 amide bonds.